The topological polar surface area (TPSA) is 128 Å². The summed E-state index contributed by atoms with van der Waals surface area (Å²) in [6.07, 6.45) is -6.49. The van der Waals surface area contributed by atoms with Gasteiger partial charge in [-0.1, -0.05) is 30.3 Å². The predicted molar refractivity (Wildman–Crippen MR) is 73.5 cm³/mol. The Kier molecular flexibility index (Phi) is 5.69. The summed E-state index contributed by atoms with van der Waals surface area (Å²) < 4.78 is 9.88. The van der Waals surface area contributed by atoms with E-state index in [1.165, 1.54) is 0 Å². The maximum absolute atomic E-state index is 11.7. The minimum absolute atomic E-state index is 0.0221. The molecule has 1 unspecified atom stereocenters. The number of nitrogens with one attached hydrogen (secondary N) is 1. The Labute approximate surface area is 126 Å². The number of aliphatic hydroxyl groups is 4. The smallest absolute Gasteiger partial charge is 0.407 e. The second-order valence-electron chi connectivity index (χ2n) is 4.96. The maximum Gasteiger partial charge on any atom is 0.407 e. The zero-order valence-corrected chi connectivity index (χ0v) is 11.7. The van der Waals surface area contributed by atoms with Crippen molar-refractivity contribution in [1.82, 2.24) is 5.32 Å². The number of hydrogen-bond acceptors (Lipinski definition) is 7. The van der Waals surface area contributed by atoms with Crippen molar-refractivity contribution in [2.45, 2.75) is 37.3 Å². The normalized spacial score (nSPS) is 31.5. The van der Waals surface area contributed by atoms with Gasteiger partial charge in [0.15, 0.2) is 6.29 Å². The summed E-state index contributed by atoms with van der Waals surface area (Å²) in [5, 5.41) is 40.5. The maximum atomic E-state index is 11.7. The van der Waals surface area contributed by atoms with Gasteiger partial charge in [-0.05, 0) is 5.56 Å². The van der Waals surface area contributed by atoms with E-state index in [1.807, 2.05) is 6.07 Å². The molecule has 1 aromatic carbocycles. The quantitative estimate of drug-likeness (QED) is 0.468. The van der Waals surface area contributed by atoms with Crippen molar-refractivity contribution in [3.05, 3.63) is 35.9 Å². The third-order valence-electron chi connectivity index (χ3n) is 3.40. The van der Waals surface area contributed by atoms with Gasteiger partial charge in [-0.3, -0.25) is 0 Å². The predicted octanol–water partition coefficient (Wildman–Crippen LogP) is -1.29. The van der Waals surface area contributed by atoms with Crippen LogP contribution in [0.5, 0.6) is 0 Å². The molecule has 1 aromatic rings. The van der Waals surface area contributed by atoms with Gasteiger partial charge in [-0.25, -0.2) is 4.79 Å². The van der Waals surface area contributed by atoms with Crippen molar-refractivity contribution in [3.8, 4) is 0 Å². The van der Waals surface area contributed by atoms with E-state index in [2.05, 4.69) is 5.32 Å². The minimum atomic E-state index is -1.57. The van der Waals surface area contributed by atoms with Gasteiger partial charge in [0.2, 0.25) is 0 Å². The van der Waals surface area contributed by atoms with E-state index in [1.54, 1.807) is 24.3 Å². The number of amides is 1. The monoisotopic (exact) mass is 313 g/mol. The molecule has 1 aliphatic rings. The van der Waals surface area contributed by atoms with Crippen LogP contribution in [0.2, 0.25) is 0 Å². The molecule has 0 aromatic heterocycles. The molecule has 5 atom stereocenters. The number of ether oxygens (including phenoxy) is 2. The Morgan fingerprint density at radius 3 is 2.50 bits per heavy atom. The molecule has 0 saturated carbocycles. The number of carbonyl (C=O) groups is 1. The highest BCUT2D eigenvalue weighted by atomic mass is 16.6. The molecule has 122 valence electrons. The van der Waals surface area contributed by atoms with Crippen LogP contribution in [0, 0.1) is 0 Å². The van der Waals surface area contributed by atoms with E-state index in [9.17, 15) is 20.1 Å². The zero-order valence-electron chi connectivity index (χ0n) is 11.7. The zero-order chi connectivity index (χ0) is 16.1. The van der Waals surface area contributed by atoms with Gasteiger partial charge >= 0.3 is 6.09 Å². The lowest BCUT2D eigenvalue weighted by molar-refractivity contribution is -0.253. The van der Waals surface area contributed by atoms with Crippen LogP contribution < -0.4 is 5.32 Å². The lowest BCUT2D eigenvalue weighted by Crippen LogP contribution is -2.64. The largest absolute Gasteiger partial charge is 0.445 e. The minimum Gasteiger partial charge on any atom is -0.445 e. The Balaban J connectivity index is 1.87. The fourth-order valence-corrected chi connectivity index (χ4v) is 2.15. The highest BCUT2D eigenvalue weighted by Crippen LogP contribution is 2.19. The van der Waals surface area contributed by atoms with Gasteiger partial charge in [0.1, 0.15) is 31.0 Å². The van der Waals surface area contributed by atoms with Crippen molar-refractivity contribution in [2.24, 2.45) is 0 Å². The van der Waals surface area contributed by atoms with Gasteiger partial charge in [0.05, 0.1) is 6.61 Å². The first-order chi connectivity index (χ1) is 10.5. The van der Waals surface area contributed by atoms with Crippen molar-refractivity contribution < 1.29 is 34.7 Å². The van der Waals surface area contributed by atoms with Crippen LogP contribution in [0.4, 0.5) is 4.79 Å². The molecule has 0 spiro atoms. The average molecular weight is 313 g/mol. The third kappa shape index (κ3) is 3.93. The van der Waals surface area contributed by atoms with Crippen molar-refractivity contribution in [1.29, 1.82) is 0 Å². The molecule has 0 aliphatic carbocycles. The molecule has 0 bridgehead atoms. The molecule has 1 aliphatic heterocycles. The summed E-state index contributed by atoms with van der Waals surface area (Å²) in [4.78, 5) is 11.7. The summed E-state index contributed by atoms with van der Waals surface area (Å²) in [6, 6.07) is 7.71. The van der Waals surface area contributed by atoms with E-state index in [0.717, 1.165) is 5.56 Å². The number of rotatable bonds is 4. The molecular formula is C14H19NO7. The van der Waals surface area contributed by atoms with E-state index in [0.29, 0.717) is 0 Å². The number of benzene rings is 1. The Bertz CT molecular complexity index is 483. The van der Waals surface area contributed by atoms with Crippen LogP contribution in [-0.2, 0) is 16.1 Å². The SMILES string of the molecule is O=C(N[C@H]1C(O)O[C@H](CO)[C@@H](O)[C@H]1O)OCc1ccccc1. The van der Waals surface area contributed by atoms with Gasteiger partial charge in [-0.2, -0.15) is 0 Å². The number of carbonyl (C=O) groups excluding carboxylic acids is 1. The molecular weight excluding hydrogens is 294 g/mol. The fourth-order valence-electron chi connectivity index (χ4n) is 2.15. The number of aliphatic hydroxyl groups excluding tert-OH is 4. The first-order valence-electron chi connectivity index (χ1n) is 6.80. The first-order valence-corrected chi connectivity index (χ1v) is 6.80. The van der Waals surface area contributed by atoms with Crippen LogP contribution >= 0.6 is 0 Å². The molecule has 1 saturated heterocycles. The van der Waals surface area contributed by atoms with E-state index in [4.69, 9.17) is 14.6 Å². The number of hydrogen-bond donors (Lipinski definition) is 5. The van der Waals surface area contributed by atoms with E-state index in [-0.39, 0.29) is 6.61 Å². The van der Waals surface area contributed by atoms with E-state index >= 15 is 0 Å². The van der Waals surface area contributed by atoms with Gasteiger partial charge < -0.3 is 35.2 Å². The molecule has 22 heavy (non-hydrogen) atoms. The fraction of sp³-hybridized carbons (Fsp3) is 0.500. The van der Waals surface area contributed by atoms with Gasteiger partial charge in [0, 0.05) is 0 Å². The van der Waals surface area contributed by atoms with Crippen molar-refractivity contribution in [3.63, 3.8) is 0 Å². The molecule has 2 rings (SSSR count). The summed E-state index contributed by atoms with van der Waals surface area (Å²) in [7, 11) is 0. The van der Waals surface area contributed by atoms with Gasteiger partial charge in [0.25, 0.3) is 0 Å². The summed E-state index contributed by atoms with van der Waals surface area (Å²) in [5.74, 6) is 0. The molecule has 1 fully saturated rings. The highest BCUT2D eigenvalue weighted by molar-refractivity contribution is 5.67. The lowest BCUT2D eigenvalue weighted by Gasteiger charge is -2.39. The van der Waals surface area contributed by atoms with Crippen LogP contribution in [0.25, 0.3) is 0 Å². The average Bonchev–Trinajstić information content (AvgIpc) is 2.54. The Hall–Kier alpha value is -1.71. The van der Waals surface area contributed by atoms with Crippen LogP contribution in [0.1, 0.15) is 5.56 Å². The second kappa shape index (κ2) is 7.52. The first kappa shape index (κ1) is 16.7. The van der Waals surface area contributed by atoms with Crippen LogP contribution in [-0.4, -0.2) is 63.8 Å². The van der Waals surface area contributed by atoms with Crippen LogP contribution in [0.15, 0.2) is 30.3 Å². The molecule has 1 amide bonds. The van der Waals surface area contributed by atoms with Gasteiger partial charge in [-0.15, -0.1) is 0 Å². The second-order valence-corrected chi connectivity index (χ2v) is 4.96. The summed E-state index contributed by atoms with van der Waals surface area (Å²) >= 11 is 0. The van der Waals surface area contributed by atoms with Crippen LogP contribution in [0.3, 0.4) is 0 Å². The molecule has 0 radical (unpaired) electrons. The molecule has 1 heterocycles. The van der Waals surface area contributed by atoms with Crippen molar-refractivity contribution in [2.75, 3.05) is 6.61 Å². The molecule has 8 heteroatoms. The summed E-state index contributed by atoms with van der Waals surface area (Å²) in [6.45, 7) is -0.547. The van der Waals surface area contributed by atoms with Crippen molar-refractivity contribution >= 4 is 6.09 Å². The number of alkyl carbamates (subject to hydrolysis) is 1. The molecule has 8 nitrogen and oxygen atoms in total. The lowest BCUT2D eigenvalue weighted by atomic mass is 9.97. The third-order valence-corrected chi connectivity index (χ3v) is 3.40. The highest BCUT2D eigenvalue weighted by Gasteiger charge is 2.44. The standard InChI is InChI=1S/C14H19NO7/c16-6-9-11(17)12(18)10(13(19)22-9)15-14(20)21-7-8-4-2-1-3-5-8/h1-5,9-13,16-19H,6-7H2,(H,15,20)/t9-,10-,11-,12+,13?/m1/s1. The Morgan fingerprint density at radius 1 is 1.18 bits per heavy atom. The van der Waals surface area contributed by atoms with E-state index < -0.39 is 43.3 Å². The molecule has 5 N–H and O–H groups in total. The summed E-state index contributed by atoms with van der Waals surface area (Å²) in [5.41, 5.74) is 0.777. The Morgan fingerprint density at radius 2 is 1.86 bits per heavy atom.